The van der Waals surface area contributed by atoms with E-state index in [2.05, 4.69) is 15.2 Å². The molecule has 2 fully saturated rings. The molecule has 0 aliphatic carbocycles. The van der Waals surface area contributed by atoms with Crippen molar-refractivity contribution in [1.29, 1.82) is 0 Å². The number of aliphatic imine (C=N–C) groups is 1. The number of nitrogens with zero attached hydrogens (tertiary/aromatic N) is 4. The molecule has 2 heterocycles. The first-order chi connectivity index (χ1) is 14.6. The Balaban J connectivity index is 0.00000341. The molecule has 0 saturated carbocycles. The van der Waals surface area contributed by atoms with Crippen LogP contribution in [0.5, 0.6) is 0 Å². The fraction of sp³-hybridized carbons (Fsp3) is 0.591. The number of nitrogens with one attached hydrogen (secondary N) is 1. The van der Waals surface area contributed by atoms with E-state index in [9.17, 15) is 9.59 Å². The Labute approximate surface area is 202 Å². The number of guanidine groups is 1. The van der Waals surface area contributed by atoms with Crippen molar-refractivity contribution >= 4 is 41.9 Å². The van der Waals surface area contributed by atoms with Crippen molar-refractivity contribution < 1.29 is 14.3 Å². The largest absolute Gasteiger partial charge is 0.450 e. The third-order valence-electron chi connectivity index (χ3n) is 5.61. The van der Waals surface area contributed by atoms with Crippen LogP contribution in [0.4, 0.5) is 4.79 Å². The van der Waals surface area contributed by atoms with Crippen LogP contribution in [0.1, 0.15) is 42.1 Å². The zero-order valence-electron chi connectivity index (χ0n) is 18.5. The fourth-order valence-electron chi connectivity index (χ4n) is 3.87. The number of carbonyl (C=O) groups is 2. The Bertz CT molecular complexity index is 742. The van der Waals surface area contributed by atoms with E-state index >= 15 is 0 Å². The summed E-state index contributed by atoms with van der Waals surface area (Å²) >= 11 is 0. The van der Waals surface area contributed by atoms with Crippen molar-refractivity contribution in [2.75, 3.05) is 52.9 Å². The molecule has 1 aromatic rings. The lowest BCUT2D eigenvalue weighted by Crippen LogP contribution is -2.53. The first-order valence-electron chi connectivity index (χ1n) is 10.9. The minimum Gasteiger partial charge on any atom is -0.450 e. The average Bonchev–Trinajstić information content (AvgIpc) is 2.80. The summed E-state index contributed by atoms with van der Waals surface area (Å²) in [5.74, 6) is 0.941. The number of rotatable bonds is 4. The van der Waals surface area contributed by atoms with Gasteiger partial charge < -0.3 is 24.8 Å². The summed E-state index contributed by atoms with van der Waals surface area (Å²) in [7, 11) is 1.76. The molecular weight excluding hydrogens is 509 g/mol. The molecule has 2 amide bonds. The van der Waals surface area contributed by atoms with Crippen LogP contribution >= 0.6 is 24.0 Å². The molecule has 1 N–H and O–H groups in total. The van der Waals surface area contributed by atoms with E-state index < -0.39 is 0 Å². The van der Waals surface area contributed by atoms with Gasteiger partial charge in [0, 0.05) is 58.4 Å². The minimum atomic E-state index is -0.251. The van der Waals surface area contributed by atoms with E-state index in [0.717, 1.165) is 43.0 Å². The van der Waals surface area contributed by atoms with E-state index in [4.69, 9.17) is 4.74 Å². The Morgan fingerprint density at radius 1 is 0.935 bits per heavy atom. The second-order valence-corrected chi connectivity index (χ2v) is 7.62. The summed E-state index contributed by atoms with van der Waals surface area (Å²) < 4.78 is 5.07. The van der Waals surface area contributed by atoms with Gasteiger partial charge in [0.1, 0.15) is 0 Å². The second kappa shape index (κ2) is 12.7. The number of hydrogen-bond donors (Lipinski definition) is 1. The fourth-order valence-corrected chi connectivity index (χ4v) is 3.87. The molecular formula is C22H34IN5O3. The molecule has 0 radical (unpaired) electrons. The maximum absolute atomic E-state index is 12.6. The number of piperidine rings is 1. The second-order valence-electron chi connectivity index (χ2n) is 7.62. The van der Waals surface area contributed by atoms with Gasteiger partial charge in [0.05, 0.1) is 6.61 Å². The Morgan fingerprint density at radius 3 is 2.13 bits per heavy atom. The molecule has 0 unspecified atom stereocenters. The topological polar surface area (TPSA) is 77.5 Å². The molecule has 0 atom stereocenters. The van der Waals surface area contributed by atoms with Crippen LogP contribution in [0.25, 0.3) is 0 Å². The highest BCUT2D eigenvalue weighted by Crippen LogP contribution is 2.14. The molecule has 2 aliphatic heterocycles. The summed E-state index contributed by atoms with van der Waals surface area (Å²) in [6.45, 7) is 7.22. The van der Waals surface area contributed by atoms with Gasteiger partial charge in [-0.25, -0.2) is 4.79 Å². The van der Waals surface area contributed by atoms with Gasteiger partial charge in [-0.05, 0) is 43.9 Å². The molecule has 0 bridgehead atoms. The molecule has 2 saturated heterocycles. The highest BCUT2D eigenvalue weighted by Gasteiger charge is 2.23. The maximum atomic E-state index is 12.6. The highest BCUT2D eigenvalue weighted by atomic mass is 127. The number of likely N-dealkylation sites (tertiary alicyclic amines) is 1. The van der Waals surface area contributed by atoms with Crippen LogP contribution in [0.2, 0.25) is 0 Å². The van der Waals surface area contributed by atoms with Gasteiger partial charge in [0.25, 0.3) is 5.91 Å². The van der Waals surface area contributed by atoms with Crippen LogP contribution in [-0.2, 0) is 11.3 Å². The van der Waals surface area contributed by atoms with Gasteiger partial charge in [-0.1, -0.05) is 12.1 Å². The van der Waals surface area contributed by atoms with Gasteiger partial charge in [-0.3, -0.25) is 9.79 Å². The van der Waals surface area contributed by atoms with Gasteiger partial charge >= 0.3 is 6.09 Å². The molecule has 9 heteroatoms. The summed E-state index contributed by atoms with van der Waals surface area (Å²) in [5, 5.41) is 3.38. The van der Waals surface area contributed by atoms with Gasteiger partial charge in [-0.15, -0.1) is 24.0 Å². The molecule has 0 spiro atoms. The van der Waals surface area contributed by atoms with Crippen molar-refractivity contribution in [2.45, 2.75) is 32.7 Å². The van der Waals surface area contributed by atoms with E-state index in [1.807, 2.05) is 36.1 Å². The normalized spacial score (nSPS) is 17.1. The quantitative estimate of drug-likeness (QED) is 0.359. The SMILES string of the molecule is CCOC(=O)N1CCN(C(=NC)NCc2ccc(C(=O)N3CCCCC3)cc2)CC1.I. The number of ether oxygens (including phenoxy) is 1. The standard InChI is InChI=1S/C22H33N5O3.HI/c1-3-30-22(29)27-15-13-26(14-16-27)21(23-2)24-17-18-7-9-19(10-8-18)20(28)25-11-5-4-6-12-25;/h7-10H,3-6,11-17H2,1-2H3,(H,23,24);1H. The number of carbonyl (C=O) groups excluding carboxylic acids is 2. The number of amides is 2. The summed E-state index contributed by atoms with van der Waals surface area (Å²) in [6.07, 6.45) is 3.16. The van der Waals surface area contributed by atoms with Crippen LogP contribution in [0, 0.1) is 0 Å². The molecule has 172 valence electrons. The van der Waals surface area contributed by atoms with Crippen LogP contribution in [0.15, 0.2) is 29.3 Å². The molecule has 1 aromatic carbocycles. The van der Waals surface area contributed by atoms with Crippen molar-refractivity contribution in [2.24, 2.45) is 4.99 Å². The van der Waals surface area contributed by atoms with Gasteiger partial charge in [0.2, 0.25) is 0 Å². The van der Waals surface area contributed by atoms with Gasteiger partial charge in [0.15, 0.2) is 5.96 Å². The Hall–Kier alpha value is -2.04. The molecule has 8 nitrogen and oxygen atoms in total. The van der Waals surface area contributed by atoms with Gasteiger partial charge in [-0.2, -0.15) is 0 Å². The lowest BCUT2D eigenvalue weighted by molar-refractivity contribution is 0.0724. The molecule has 31 heavy (non-hydrogen) atoms. The van der Waals surface area contributed by atoms with Crippen molar-refractivity contribution in [1.82, 2.24) is 20.0 Å². The molecule has 2 aliphatic rings. The third-order valence-corrected chi connectivity index (χ3v) is 5.61. The van der Waals surface area contributed by atoms with Crippen molar-refractivity contribution in [3.8, 4) is 0 Å². The third kappa shape index (κ3) is 6.98. The van der Waals surface area contributed by atoms with Crippen molar-refractivity contribution in [3.05, 3.63) is 35.4 Å². The van der Waals surface area contributed by atoms with Crippen molar-refractivity contribution in [3.63, 3.8) is 0 Å². The monoisotopic (exact) mass is 543 g/mol. The number of piperazine rings is 1. The van der Waals surface area contributed by atoms with E-state index in [-0.39, 0.29) is 36.0 Å². The lowest BCUT2D eigenvalue weighted by atomic mass is 10.1. The van der Waals surface area contributed by atoms with E-state index in [0.29, 0.717) is 39.3 Å². The number of benzene rings is 1. The highest BCUT2D eigenvalue weighted by molar-refractivity contribution is 14.0. The minimum absolute atomic E-state index is 0. The predicted molar refractivity (Wildman–Crippen MR) is 132 cm³/mol. The Kier molecular flexibility index (Phi) is 10.4. The van der Waals surface area contributed by atoms with Crippen LogP contribution < -0.4 is 5.32 Å². The van der Waals surface area contributed by atoms with Crippen LogP contribution in [-0.4, -0.2) is 85.6 Å². The molecule has 3 rings (SSSR count). The molecule has 0 aromatic heterocycles. The number of halogens is 1. The van der Waals surface area contributed by atoms with E-state index in [1.54, 1.807) is 11.9 Å². The summed E-state index contributed by atoms with van der Waals surface area (Å²) in [4.78, 5) is 34.6. The first kappa shape index (κ1) is 25.2. The smallest absolute Gasteiger partial charge is 0.409 e. The predicted octanol–water partition coefficient (Wildman–Crippen LogP) is 2.78. The summed E-state index contributed by atoms with van der Waals surface area (Å²) in [5.41, 5.74) is 1.84. The lowest BCUT2D eigenvalue weighted by Gasteiger charge is -2.35. The Morgan fingerprint density at radius 2 is 1.55 bits per heavy atom. The average molecular weight is 543 g/mol. The summed E-state index contributed by atoms with van der Waals surface area (Å²) in [6, 6.07) is 7.82. The number of hydrogen-bond acceptors (Lipinski definition) is 4. The maximum Gasteiger partial charge on any atom is 0.409 e. The zero-order valence-corrected chi connectivity index (χ0v) is 20.8. The zero-order chi connectivity index (χ0) is 21.3. The first-order valence-corrected chi connectivity index (χ1v) is 10.9. The van der Waals surface area contributed by atoms with E-state index in [1.165, 1.54) is 6.42 Å². The van der Waals surface area contributed by atoms with Crippen LogP contribution in [0.3, 0.4) is 0 Å².